The largest absolute Gasteiger partial charge is 0.384 e. The third kappa shape index (κ3) is 3.30. The minimum absolute atomic E-state index is 0.152. The molecule has 0 atom stereocenters. The van der Waals surface area contributed by atoms with Gasteiger partial charge in [-0.2, -0.15) is 0 Å². The van der Waals surface area contributed by atoms with Gasteiger partial charge in [-0.1, -0.05) is 25.1 Å². The molecule has 3 N–H and O–H groups in total. The molecule has 1 aliphatic rings. The van der Waals surface area contributed by atoms with Crippen LogP contribution in [0.15, 0.2) is 24.3 Å². The highest BCUT2D eigenvalue weighted by Gasteiger charge is 2.15. The van der Waals surface area contributed by atoms with E-state index in [4.69, 9.17) is 11.1 Å². The van der Waals surface area contributed by atoms with E-state index in [0.717, 1.165) is 18.0 Å². The third-order valence-electron chi connectivity index (χ3n) is 3.52. The lowest BCUT2D eigenvalue weighted by Crippen LogP contribution is -2.32. The van der Waals surface area contributed by atoms with Crippen LogP contribution >= 0.6 is 0 Å². The number of nitrogens with zero attached hydrogens (tertiary/aromatic N) is 1. The standard InChI is InChI=1S/C14H21N3/c1-11-5-7-17(8-6-11)10-12-3-2-4-13(9-12)14(15)16/h2-4,9,11H,5-8,10H2,1H3,(H3,15,16). The van der Waals surface area contributed by atoms with Gasteiger partial charge in [0.05, 0.1) is 0 Å². The average Bonchev–Trinajstić information content (AvgIpc) is 2.32. The van der Waals surface area contributed by atoms with Gasteiger partial charge in [-0.05, 0) is 43.5 Å². The quantitative estimate of drug-likeness (QED) is 0.619. The predicted molar refractivity (Wildman–Crippen MR) is 71.1 cm³/mol. The van der Waals surface area contributed by atoms with Crippen molar-refractivity contribution < 1.29 is 0 Å². The second-order valence-electron chi connectivity index (χ2n) is 5.07. The molecule has 0 bridgehead atoms. The molecule has 1 fully saturated rings. The van der Waals surface area contributed by atoms with E-state index in [2.05, 4.69) is 17.9 Å². The second-order valence-corrected chi connectivity index (χ2v) is 5.07. The van der Waals surface area contributed by atoms with Crippen molar-refractivity contribution in [3.63, 3.8) is 0 Å². The minimum atomic E-state index is 0.152. The number of benzene rings is 1. The van der Waals surface area contributed by atoms with E-state index in [1.807, 2.05) is 18.2 Å². The number of amidine groups is 1. The highest BCUT2D eigenvalue weighted by Crippen LogP contribution is 2.18. The molecule has 1 aliphatic heterocycles. The zero-order valence-electron chi connectivity index (χ0n) is 10.4. The summed E-state index contributed by atoms with van der Waals surface area (Å²) >= 11 is 0. The first-order chi connectivity index (χ1) is 8.15. The maximum Gasteiger partial charge on any atom is 0.122 e. The van der Waals surface area contributed by atoms with Crippen LogP contribution in [0.3, 0.4) is 0 Å². The van der Waals surface area contributed by atoms with E-state index >= 15 is 0 Å². The number of hydrogen-bond donors (Lipinski definition) is 2. The predicted octanol–water partition coefficient (Wildman–Crippen LogP) is 2.20. The summed E-state index contributed by atoms with van der Waals surface area (Å²) < 4.78 is 0. The van der Waals surface area contributed by atoms with Crippen molar-refractivity contribution in [1.29, 1.82) is 5.41 Å². The summed E-state index contributed by atoms with van der Waals surface area (Å²) in [4.78, 5) is 2.49. The van der Waals surface area contributed by atoms with E-state index < -0.39 is 0 Å². The van der Waals surface area contributed by atoms with Gasteiger partial charge in [0, 0.05) is 12.1 Å². The van der Waals surface area contributed by atoms with Crippen molar-refractivity contribution in [2.24, 2.45) is 11.7 Å². The molecule has 0 radical (unpaired) electrons. The summed E-state index contributed by atoms with van der Waals surface area (Å²) in [5.41, 5.74) is 7.59. The molecular weight excluding hydrogens is 210 g/mol. The molecule has 17 heavy (non-hydrogen) atoms. The number of nitrogens with two attached hydrogens (primary N) is 1. The summed E-state index contributed by atoms with van der Waals surface area (Å²) in [7, 11) is 0. The van der Waals surface area contributed by atoms with Crippen molar-refractivity contribution in [3.05, 3.63) is 35.4 Å². The molecule has 1 saturated heterocycles. The van der Waals surface area contributed by atoms with E-state index in [-0.39, 0.29) is 5.84 Å². The number of piperidine rings is 1. The molecule has 1 heterocycles. The highest BCUT2D eigenvalue weighted by atomic mass is 15.1. The monoisotopic (exact) mass is 231 g/mol. The van der Waals surface area contributed by atoms with Crippen LogP contribution in [0.2, 0.25) is 0 Å². The lowest BCUT2D eigenvalue weighted by Gasteiger charge is -2.30. The van der Waals surface area contributed by atoms with Crippen molar-refractivity contribution in [2.45, 2.75) is 26.3 Å². The average molecular weight is 231 g/mol. The van der Waals surface area contributed by atoms with Gasteiger partial charge in [0.15, 0.2) is 0 Å². The van der Waals surface area contributed by atoms with Crippen molar-refractivity contribution in [1.82, 2.24) is 4.90 Å². The molecule has 92 valence electrons. The van der Waals surface area contributed by atoms with E-state index in [0.29, 0.717) is 0 Å². The third-order valence-corrected chi connectivity index (χ3v) is 3.52. The Morgan fingerprint density at radius 1 is 1.41 bits per heavy atom. The Labute approximate surface area is 103 Å². The highest BCUT2D eigenvalue weighted by molar-refractivity contribution is 5.95. The van der Waals surface area contributed by atoms with Gasteiger partial charge >= 0.3 is 0 Å². The molecule has 0 aromatic heterocycles. The Morgan fingerprint density at radius 3 is 2.76 bits per heavy atom. The Bertz CT molecular complexity index is 392. The van der Waals surface area contributed by atoms with Crippen LogP contribution in [0, 0.1) is 11.3 Å². The van der Waals surface area contributed by atoms with Crippen molar-refractivity contribution in [2.75, 3.05) is 13.1 Å². The summed E-state index contributed by atoms with van der Waals surface area (Å²) in [6, 6.07) is 8.02. The minimum Gasteiger partial charge on any atom is -0.384 e. The molecular formula is C14H21N3. The van der Waals surface area contributed by atoms with Gasteiger partial charge in [0.1, 0.15) is 5.84 Å². The molecule has 0 amide bonds. The molecule has 0 spiro atoms. The molecule has 1 aromatic rings. The van der Waals surface area contributed by atoms with Crippen LogP contribution in [0.1, 0.15) is 30.9 Å². The summed E-state index contributed by atoms with van der Waals surface area (Å²) in [6.07, 6.45) is 2.60. The lowest BCUT2D eigenvalue weighted by atomic mass is 9.98. The van der Waals surface area contributed by atoms with E-state index in [1.54, 1.807) is 0 Å². The van der Waals surface area contributed by atoms with Crippen LogP contribution in [0.4, 0.5) is 0 Å². The SMILES string of the molecule is CC1CCN(Cc2cccc(C(=N)N)c2)CC1. The molecule has 3 heteroatoms. The van der Waals surface area contributed by atoms with Crippen LogP contribution in [0.5, 0.6) is 0 Å². The lowest BCUT2D eigenvalue weighted by molar-refractivity contribution is 0.185. The first kappa shape index (κ1) is 12.1. The molecule has 0 aliphatic carbocycles. The van der Waals surface area contributed by atoms with Gasteiger partial charge in [-0.15, -0.1) is 0 Å². The van der Waals surface area contributed by atoms with Crippen LogP contribution < -0.4 is 5.73 Å². The van der Waals surface area contributed by atoms with Crippen LogP contribution in [-0.2, 0) is 6.54 Å². The fourth-order valence-corrected chi connectivity index (χ4v) is 2.32. The second kappa shape index (κ2) is 5.32. The summed E-state index contributed by atoms with van der Waals surface area (Å²) in [5.74, 6) is 1.02. The van der Waals surface area contributed by atoms with E-state index in [1.165, 1.54) is 31.5 Å². The fourth-order valence-electron chi connectivity index (χ4n) is 2.32. The molecule has 0 saturated carbocycles. The molecule has 2 rings (SSSR count). The van der Waals surface area contributed by atoms with Gasteiger partial charge in [-0.3, -0.25) is 10.3 Å². The smallest absolute Gasteiger partial charge is 0.122 e. The molecule has 1 aromatic carbocycles. The van der Waals surface area contributed by atoms with Gasteiger partial charge in [-0.25, -0.2) is 0 Å². The summed E-state index contributed by atoms with van der Waals surface area (Å²) in [5, 5.41) is 7.44. The van der Waals surface area contributed by atoms with Gasteiger partial charge < -0.3 is 5.73 Å². The van der Waals surface area contributed by atoms with Gasteiger partial charge in [0.25, 0.3) is 0 Å². The summed E-state index contributed by atoms with van der Waals surface area (Å²) in [6.45, 7) is 5.68. The Morgan fingerprint density at radius 2 is 2.12 bits per heavy atom. The van der Waals surface area contributed by atoms with Gasteiger partial charge in [0.2, 0.25) is 0 Å². The van der Waals surface area contributed by atoms with Crippen molar-refractivity contribution >= 4 is 5.84 Å². The first-order valence-electron chi connectivity index (χ1n) is 6.31. The van der Waals surface area contributed by atoms with Crippen LogP contribution in [0.25, 0.3) is 0 Å². The molecule has 3 nitrogen and oxygen atoms in total. The van der Waals surface area contributed by atoms with Crippen LogP contribution in [-0.4, -0.2) is 23.8 Å². The van der Waals surface area contributed by atoms with Crippen molar-refractivity contribution in [3.8, 4) is 0 Å². The maximum absolute atomic E-state index is 7.44. The Balaban J connectivity index is 1.98. The number of hydrogen-bond acceptors (Lipinski definition) is 2. The normalized spacial score (nSPS) is 18.2. The maximum atomic E-state index is 7.44. The number of nitrogen functional groups attached to an aromatic ring is 1. The zero-order valence-corrected chi connectivity index (χ0v) is 10.4. The fraction of sp³-hybridized carbons (Fsp3) is 0.500. The topological polar surface area (TPSA) is 53.1 Å². The number of rotatable bonds is 3. The van der Waals surface area contributed by atoms with E-state index in [9.17, 15) is 0 Å². The zero-order chi connectivity index (χ0) is 12.3. The molecule has 0 unspecified atom stereocenters. The number of likely N-dealkylation sites (tertiary alicyclic amines) is 1. The first-order valence-corrected chi connectivity index (χ1v) is 6.31. The Hall–Kier alpha value is -1.35. The number of nitrogens with one attached hydrogen (secondary N) is 1. The Kier molecular flexibility index (Phi) is 3.79.